The van der Waals surface area contributed by atoms with Crippen LogP contribution in [0.3, 0.4) is 0 Å². The Bertz CT molecular complexity index is 697. The van der Waals surface area contributed by atoms with Crippen LogP contribution in [-0.2, 0) is 16.9 Å². The van der Waals surface area contributed by atoms with E-state index in [4.69, 9.17) is 16.3 Å². The molecule has 1 amide bonds. The number of carbonyl (C=O) groups is 1. The number of nitrogens with one attached hydrogen (secondary N) is 2. The predicted octanol–water partition coefficient (Wildman–Crippen LogP) is 1.94. The summed E-state index contributed by atoms with van der Waals surface area (Å²) in [5.74, 6) is 0.644. The summed E-state index contributed by atoms with van der Waals surface area (Å²) in [7, 11) is 1.59. The number of ether oxygens (including phenoxy) is 1. The first-order valence-electron chi connectivity index (χ1n) is 7.97. The normalized spacial score (nSPS) is 16.6. The number of hydrogen-bond donors (Lipinski definition) is 2. The van der Waals surface area contributed by atoms with E-state index in [1.807, 2.05) is 18.3 Å². The van der Waals surface area contributed by atoms with Gasteiger partial charge in [0.15, 0.2) is 0 Å². The van der Waals surface area contributed by atoms with Crippen molar-refractivity contribution in [1.82, 2.24) is 20.4 Å². The van der Waals surface area contributed by atoms with Gasteiger partial charge in [-0.15, -0.1) is 0 Å². The second-order valence-electron chi connectivity index (χ2n) is 5.87. The van der Waals surface area contributed by atoms with Crippen molar-refractivity contribution in [3.05, 3.63) is 47.2 Å². The average Bonchev–Trinajstić information content (AvgIpc) is 3.16. The van der Waals surface area contributed by atoms with E-state index in [1.165, 1.54) is 0 Å². The van der Waals surface area contributed by atoms with Crippen LogP contribution < -0.4 is 15.4 Å². The Balaban J connectivity index is 1.77. The number of benzene rings is 1. The second kappa shape index (κ2) is 7.23. The van der Waals surface area contributed by atoms with Crippen LogP contribution in [-0.4, -0.2) is 35.9 Å². The summed E-state index contributed by atoms with van der Waals surface area (Å²) < 4.78 is 7.12. The molecule has 0 saturated carbocycles. The highest BCUT2D eigenvalue weighted by molar-refractivity contribution is 6.30. The molecule has 1 aromatic carbocycles. The summed E-state index contributed by atoms with van der Waals surface area (Å²) in [5.41, 5.74) is 0.244. The van der Waals surface area contributed by atoms with Gasteiger partial charge in [0.05, 0.1) is 7.11 Å². The first-order valence-corrected chi connectivity index (χ1v) is 8.35. The van der Waals surface area contributed by atoms with Crippen LogP contribution in [0.25, 0.3) is 0 Å². The third kappa shape index (κ3) is 3.25. The van der Waals surface area contributed by atoms with Crippen molar-refractivity contribution in [3.8, 4) is 5.75 Å². The lowest BCUT2D eigenvalue weighted by Gasteiger charge is -2.36. The van der Waals surface area contributed by atoms with E-state index in [2.05, 4.69) is 15.7 Å². The molecule has 3 rings (SSSR count). The summed E-state index contributed by atoms with van der Waals surface area (Å²) in [4.78, 5) is 13.0. The minimum Gasteiger partial charge on any atom is -0.496 e. The van der Waals surface area contributed by atoms with Gasteiger partial charge in [0, 0.05) is 29.5 Å². The van der Waals surface area contributed by atoms with Crippen molar-refractivity contribution in [2.45, 2.75) is 24.9 Å². The molecular formula is C17H21ClN4O2. The second-order valence-corrected chi connectivity index (χ2v) is 6.31. The largest absolute Gasteiger partial charge is 0.496 e. The Morgan fingerprint density at radius 2 is 2.25 bits per heavy atom. The number of rotatable bonds is 5. The molecule has 0 spiro atoms. The van der Waals surface area contributed by atoms with Gasteiger partial charge in [-0.2, -0.15) is 5.10 Å². The minimum atomic E-state index is -0.644. The molecule has 1 aliphatic rings. The third-order valence-electron chi connectivity index (χ3n) is 4.48. The maximum absolute atomic E-state index is 13.0. The predicted molar refractivity (Wildman–Crippen MR) is 92.2 cm³/mol. The zero-order valence-electron chi connectivity index (χ0n) is 13.6. The van der Waals surface area contributed by atoms with Gasteiger partial charge in [0.2, 0.25) is 5.91 Å². The number of halogens is 1. The van der Waals surface area contributed by atoms with Gasteiger partial charge in [0.1, 0.15) is 11.3 Å². The number of aromatic nitrogens is 2. The molecule has 0 atom stereocenters. The summed E-state index contributed by atoms with van der Waals surface area (Å²) in [5, 5.41) is 11.3. The van der Waals surface area contributed by atoms with E-state index in [1.54, 1.807) is 30.1 Å². The molecule has 1 saturated heterocycles. The smallest absolute Gasteiger partial charge is 0.248 e. The molecule has 0 radical (unpaired) electrons. The van der Waals surface area contributed by atoms with Crippen molar-refractivity contribution >= 4 is 17.5 Å². The summed E-state index contributed by atoms with van der Waals surface area (Å²) in [6.45, 7) is 1.96. The van der Waals surface area contributed by atoms with Crippen LogP contribution in [0.15, 0.2) is 36.7 Å². The lowest BCUT2D eigenvalue weighted by molar-refractivity contribution is -0.132. The highest BCUT2D eigenvalue weighted by Gasteiger charge is 2.41. The van der Waals surface area contributed by atoms with Crippen molar-refractivity contribution in [2.24, 2.45) is 0 Å². The summed E-state index contributed by atoms with van der Waals surface area (Å²) >= 11 is 5.98. The Kier molecular flexibility index (Phi) is 5.06. The third-order valence-corrected chi connectivity index (χ3v) is 4.72. The van der Waals surface area contributed by atoms with Crippen molar-refractivity contribution in [2.75, 3.05) is 20.2 Å². The van der Waals surface area contributed by atoms with Crippen LogP contribution in [0, 0.1) is 0 Å². The fourth-order valence-electron chi connectivity index (χ4n) is 3.13. The molecule has 24 heavy (non-hydrogen) atoms. The maximum Gasteiger partial charge on any atom is 0.248 e. The quantitative estimate of drug-likeness (QED) is 0.866. The number of carbonyl (C=O) groups excluding carboxylic acids is 1. The number of amides is 1. The van der Waals surface area contributed by atoms with E-state index >= 15 is 0 Å². The molecule has 1 aromatic heterocycles. The van der Waals surface area contributed by atoms with Gasteiger partial charge in [-0.25, -0.2) is 0 Å². The molecule has 0 unspecified atom stereocenters. The Hall–Kier alpha value is -2.05. The Labute approximate surface area is 146 Å². The van der Waals surface area contributed by atoms with Crippen molar-refractivity contribution in [3.63, 3.8) is 0 Å². The molecule has 2 N–H and O–H groups in total. The molecule has 1 aliphatic heterocycles. The number of methoxy groups -OCH3 is 1. The van der Waals surface area contributed by atoms with E-state index in [0.29, 0.717) is 30.2 Å². The SMILES string of the molecule is COc1cc(Cl)ccc1CNC(=O)C1(n2cccn2)CCNCC1. The first-order chi connectivity index (χ1) is 11.7. The molecule has 128 valence electrons. The van der Waals surface area contributed by atoms with Crippen molar-refractivity contribution < 1.29 is 9.53 Å². The molecule has 0 aliphatic carbocycles. The van der Waals surface area contributed by atoms with Crippen LogP contribution in [0.5, 0.6) is 5.75 Å². The van der Waals surface area contributed by atoms with Gasteiger partial charge in [-0.1, -0.05) is 17.7 Å². The lowest BCUT2D eigenvalue weighted by Crippen LogP contribution is -2.54. The molecular weight excluding hydrogens is 328 g/mol. The van der Waals surface area contributed by atoms with E-state index in [0.717, 1.165) is 18.7 Å². The number of hydrogen-bond acceptors (Lipinski definition) is 4. The number of piperidine rings is 1. The highest BCUT2D eigenvalue weighted by atomic mass is 35.5. The molecule has 7 heteroatoms. The molecule has 6 nitrogen and oxygen atoms in total. The molecule has 2 heterocycles. The summed E-state index contributed by atoms with van der Waals surface area (Å²) in [6, 6.07) is 7.25. The van der Waals surface area contributed by atoms with Gasteiger partial charge in [-0.3, -0.25) is 9.48 Å². The van der Waals surface area contributed by atoms with Gasteiger partial charge < -0.3 is 15.4 Å². The first kappa shape index (κ1) is 16.8. The van der Waals surface area contributed by atoms with Gasteiger partial charge >= 0.3 is 0 Å². The molecule has 2 aromatic rings. The van der Waals surface area contributed by atoms with Crippen LogP contribution in [0.1, 0.15) is 18.4 Å². The fraction of sp³-hybridized carbons (Fsp3) is 0.412. The molecule has 1 fully saturated rings. The standard InChI is InChI=1S/C17H21ClN4O2/c1-24-15-11-14(18)4-3-13(15)12-20-16(23)17(5-8-19-9-6-17)22-10-2-7-21-22/h2-4,7,10-11,19H,5-6,8-9,12H2,1H3,(H,20,23). The Morgan fingerprint density at radius 1 is 1.46 bits per heavy atom. The monoisotopic (exact) mass is 348 g/mol. The van der Waals surface area contributed by atoms with E-state index < -0.39 is 5.54 Å². The summed E-state index contributed by atoms with van der Waals surface area (Å²) in [6.07, 6.45) is 4.98. The van der Waals surface area contributed by atoms with Crippen LogP contribution in [0.2, 0.25) is 5.02 Å². The zero-order chi connectivity index (χ0) is 17.0. The van der Waals surface area contributed by atoms with Gasteiger partial charge in [-0.05, 0) is 44.1 Å². The number of nitrogens with zero attached hydrogens (tertiary/aromatic N) is 2. The highest BCUT2D eigenvalue weighted by Crippen LogP contribution is 2.28. The van der Waals surface area contributed by atoms with Crippen LogP contribution >= 0.6 is 11.6 Å². The average molecular weight is 349 g/mol. The molecule has 0 bridgehead atoms. The maximum atomic E-state index is 13.0. The lowest BCUT2D eigenvalue weighted by atomic mass is 9.87. The van der Waals surface area contributed by atoms with Gasteiger partial charge in [0.25, 0.3) is 0 Å². The zero-order valence-corrected chi connectivity index (χ0v) is 14.3. The minimum absolute atomic E-state index is 0.0234. The topological polar surface area (TPSA) is 68.2 Å². The van der Waals surface area contributed by atoms with Crippen molar-refractivity contribution in [1.29, 1.82) is 0 Å². The Morgan fingerprint density at radius 3 is 2.92 bits per heavy atom. The fourth-order valence-corrected chi connectivity index (χ4v) is 3.29. The van der Waals surface area contributed by atoms with E-state index in [9.17, 15) is 4.79 Å². The van der Waals surface area contributed by atoms with E-state index in [-0.39, 0.29) is 5.91 Å². The van der Waals surface area contributed by atoms with Crippen LogP contribution in [0.4, 0.5) is 0 Å².